The van der Waals surface area contributed by atoms with Crippen LogP contribution in [0.25, 0.3) is 0 Å². The number of hydrogen-bond donors (Lipinski definition) is 2. The van der Waals surface area contributed by atoms with E-state index in [1.807, 2.05) is 13.0 Å². The fourth-order valence-corrected chi connectivity index (χ4v) is 4.92. The first kappa shape index (κ1) is 20.4. The van der Waals surface area contributed by atoms with Gasteiger partial charge in [-0.15, -0.1) is 10.2 Å². The Morgan fingerprint density at radius 1 is 1.20 bits per heavy atom. The lowest BCUT2D eigenvalue weighted by atomic mass is 10.1. The first-order valence-corrected chi connectivity index (χ1v) is 11.0. The molecule has 1 aliphatic heterocycles. The smallest absolute Gasteiger partial charge is 0.262 e. The Bertz CT molecular complexity index is 1130. The fraction of sp³-hybridized carbons (Fsp3) is 0.238. The van der Waals surface area contributed by atoms with Crippen molar-refractivity contribution in [2.75, 3.05) is 17.2 Å². The third-order valence-corrected chi connectivity index (χ3v) is 6.73. The molecule has 2 aromatic carbocycles. The van der Waals surface area contributed by atoms with E-state index in [0.29, 0.717) is 26.5 Å². The van der Waals surface area contributed by atoms with Crippen LogP contribution in [0.5, 0.6) is 5.75 Å². The predicted molar refractivity (Wildman–Crippen MR) is 119 cm³/mol. The highest BCUT2D eigenvalue weighted by molar-refractivity contribution is 8.02. The molecule has 4 rings (SSSR count). The number of fused-ring (bicyclic) bond motifs is 1. The first-order chi connectivity index (χ1) is 14.4. The molecule has 2 heterocycles. The molecule has 1 atom stereocenters. The molecule has 0 spiro atoms. The average molecular weight is 441 g/mol. The van der Waals surface area contributed by atoms with E-state index in [2.05, 4.69) is 46.8 Å². The molecule has 1 unspecified atom stereocenters. The number of ketones is 1. The maximum atomic E-state index is 12.9. The minimum atomic E-state index is -0.356. The number of benzene rings is 2. The van der Waals surface area contributed by atoms with E-state index in [9.17, 15) is 9.59 Å². The van der Waals surface area contributed by atoms with Crippen LogP contribution in [-0.2, 0) is 4.79 Å². The van der Waals surface area contributed by atoms with Crippen molar-refractivity contribution in [3.05, 3.63) is 53.1 Å². The number of amides is 1. The molecule has 7 nitrogen and oxygen atoms in total. The number of nitrogens with zero attached hydrogens (tertiary/aromatic N) is 2. The Morgan fingerprint density at radius 2 is 2.03 bits per heavy atom. The molecule has 0 radical (unpaired) electrons. The van der Waals surface area contributed by atoms with Gasteiger partial charge in [0.25, 0.3) is 5.91 Å². The lowest BCUT2D eigenvalue weighted by Gasteiger charge is -2.18. The van der Waals surface area contributed by atoms with Gasteiger partial charge in [0.2, 0.25) is 5.13 Å². The van der Waals surface area contributed by atoms with Crippen molar-refractivity contribution >= 4 is 51.3 Å². The molecule has 0 saturated carbocycles. The van der Waals surface area contributed by atoms with E-state index >= 15 is 0 Å². The van der Waals surface area contributed by atoms with Gasteiger partial charge in [-0.25, -0.2) is 0 Å². The number of hydrogen-bond acceptors (Lipinski definition) is 8. The minimum absolute atomic E-state index is 0.0118. The summed E-state index contributed by atoms with van der Waals surface area (Å²) in [5.74, 6) is 0.284. The van der Waals surface area contributed by atoms with Crippen molar-refractivity contribution in [1.82, 2.24) is 10.2 Å². The van der Waals surface area contributed by atoms with Gasteiger partial charge in [-0.1, -0.05) is 29.2 Å². The summed E-state index contributed by atoms with van der Waals surface area (Å²) in [6.07, 6.45) is 0. The lowest BCUT2D eigenvalue weighted by Crippen LogP contribution is -2.25. The zero-order valence-corrected chi connectivity index (χ0v) is 18.3. The number of rotatable bonds is 6. The second-order valence-corrected chi connectivity index (χ2v) is 9.53. The van der Waals surface area contributed by atoms with Gasteiger partial charge in [-0.3, -0.25) is 9.59 Å². The van der Waals surface area contributed by atoms with E-state index in [0.717, 1.165) is 5.69 Å². The molecule has 0 bridgehead atoms. The molecular weight excluding hydrogens is 420 g/mol. The maximum absolute atomic E-state index is 12.9. The van der Waals surface area contributed by atoms with Crippen LogP contribution < -0.4 is 15.4 Å². The van der Waals surface area contributed by atoms with Gasteiger partial charge in [-0.05, 0) is 62.2 Å². The molecule has 30 heavy (non-hydrogen) atoms. The minimum Gasteiger partial charge on any atom is -0.482 e. The maximum Gasteiger partial charge on any atom is 0.262 e. The van der Waals surface area contributed by atoms with E-state index < -0.39 is 0 Å². The molecule has 1 aromatic heterocycles. The summed E-state index contributed by atoms with van der Waals surface area (Å²) in [6, 6.07) is 11.2. The van der Waals surface area contributed by atoms with Crippen molar-refractivity contribution in [2.24, 2.45) is 0 Å². The summed E-state index contributed by atoms with van der Waals surface area (Å²) < 4.78 is 6.05. The average Bonchev–Trinajstić information content (AvgIpc) is 3.16. The number of nitrogens with one attached hydrogen (secondary N) is 2. The zero-order valence-electron chi connectivity index (χ0n) is 16.7. The summed E-state index contributed by atoms with van der Waals surface area (Å²) in [6.45, 7) is 5.95. The number of Topliss-reactive ketones (excluding diaryl/α,β-unsaturated/α-hetero) is 1. The van der Waals surface area contributed by atoms with Gasteiger partial charge < -0.3 is 15.4 Å². The number of ether oxygens (including phenoxy) is 1. The van der Waals surface area contributed by atoms with Crippen LogP contribution in [0.3, 0.4) is 0 Å². The van der Waals surface area contributed by atoms with Crippen molar-refractivity contribution in [3.8, 4) is 5.75 Å². The summed E-state index contributed by atoms with van der Waals surface area (Å²) >= 11 is 2.76. The van der Waals surface area contributed by atoms with Gasteiger partial charge in [0, 0.05) is 11.3 Å². The molecule has 3 aromatic rings. The van der Waals surface area contributed by atoms with Crippen molar-refractivity contribution in [3.63, 3.8) is 0 Å². The second-order valence-electron chi connectivity index (χ2n) is 6.97. The highest BCUT2D eigenvalue weighted by atomic mass is 32.2. The van der Waals surface area contributed by atoms with Gasteiger partial charge in [-0.2, -0.15) is 0 Å². The number of anilines is 3. The SMILES string of the molecule is Cc1ccc(Nc2nnc(SC(C)C(=O)c3ccc4c(c3)NC(=O)CO4)s2)cc1C. The number of aryl methyl sites for hydroxylation is 2. The molecule has 9 heteroatoms. The lowest BCUT2D eigenvalue weighted by molar-refractivity contribution is -0.118. The second kappa shape index (κ2) is 8.45. The number of aromatic nitrogens is 2. The highest BCUT2D eigenvalue weighted by Gasteiger charge is 2.22. The molecule has 154 valence electrons. The van der Waals surface area contributed by atoms with E-state index in [-0.39, 0.29) is 23.5 Å². The highest BCUT2D eigenvalue weighted by Crippen LogP contribution is 2.34. The van der Waals surface area contributed by atoms with Gasteiger partial charge in [0.15, 0.2) is 16.7 Å². The summed E-state index contributed by atoms with van der Waals surface area (Å²) in [5, 5.41) is 14.7. The zero-order chi connectivity index (χ0) is 21.3. The van der Waals surface area contributed by atoms with Gasteiger partial charge >= 0.3 is 0 Å². The number of carbonyl (C=O) groups is 2. The first-order valence-electron chi connectivity index (χ1n) is 9.34. The Morgan fingerprint density at radius 3 is 2.83 bits per heavy atom. The molecule has 1 aliphatic rings. The van der Waals surface area contributed by atoms with Crippen LogP contribution in [0.1, 0.15) is 28.4 Å². The van der Waals surface area contributed by atoms with Crippen LogP contribution in [-0.4, -0.2) is 33.7 Å². The normalized spacial score (nSPS) is 13.8. The Hall–Kier alpha value is -2.91. The monoisotopic (exact) mass is 440 g/mol. The molecule has 0 saturated heterocycles. The fourth-order valence-electron chi connectivity index (χ4n) is 2.93. The van der Waals surface area contributed by atoms with Crippen molar-refractivity contribution in [2.45, 2.75) is 30.4 Å². The van der Waals surface area contributed by atoms with Crippen molar-refractivity contribution < 1.29 is 14.3 Å². The third kappa shape index (κ3) is 4.47. The van der Waals surface area contributed by atoms with Crippen LogP contribution >= 0.6 is 23.1 Å². The van der Waals surface area contributed by atoms with Crippen LogP contribution in [0, 0.1) is 13.8 Å². The summed E-state index contributed by atoms with van der Waals surface area (Å²) in [5.41, 5.74) is 4.41. The van der Waals surface area contributed by atoms with Crippen LogP contribution in [0.15, 0.2) is 40.7 Å². The van der Waals surface area contributed by atoms with E-state index in [4.69, 9.17) is 4.74 Å². The number of carbonyl (C=O) groups excluding carboxylic acids is 2. The molecule has 2 N–H and O–H groups in total. The van der Waals surface area contributed by atoms with Crippen molar-refractivity contribution in [1.29, 1.82) is 0 Å². The quantitative estimate of drug-likeness (QED) is 0.428. The molecule has 1 amide bonds. The Balaban J connectivity index is 1.42. The third-order valence-electron chi connectivity index (χ3n) is 4.71. The largest absolute Gasteiger partial charge is 0.482 e. The molecular formula is C21H20N4O3S2. The van der Waals surface area contributed by atoms with Gasteiger partial charge in [0.1, 0.15) is 5.75 Å². The van der Waals surface area contributed by atoms with Crippen LogP contribution in [0.2, 0.25) is 0 Å². The topological polar surface area (TPSA) is 93.2 Å². The van der Waals surface area contributed by atoms with Gasteiger partial charge in [0.05, 0.1) is 10.9 Å². The molecule has 0 aliphatic carbocycles. The molecule has 0 fully saturated rings. The number of thioether (sulfide) groups is 1. The summed E-state index contributed by atoms with van der Waals surface area (Å²) in [7, 11) is 0. The van der Waals surface area contributed by atoms with E-state index in [1.54, 1.807) is 18.2 Å². The van der Waals surface area contributed by atoms with Crippen LogP contribution in [0.4, 0.5) is 16.5 Å². The predicted octanol–water partition coefficient (Wildman–Crippen LogP) is 4.59. The summed E-state index contributed by atoms with van der Waals surface area (Å²) in [4.78, 5) is 24.4. The standard InChI is InChI=1S/C21H20N4O3S2/c1-11-4-6-15(8-12(11)2)22-20-24-25-21(30-20)29-13(3)19(27)14-5-7-17-16(9-14)23-18(26)10-28-17/h4-9,13H,10H2,1-3H3,(H,22,24)(H,23,26). The Labute approximate surface area is 182 Å². The van der Waals surface area contributed by atoms with E-state index in [1.165, 1.54) is 34.2 Å². The Kier molecular flexibility index (Phi) is 5.74.